The second-order valence-corrected chi connectivity index (χ2v) is 2.02. The summed E-state index contributed by atoms with van der Waals surface area (Å²) in [5, 5.41) is 0. The quantitative estimate of drug-likeness (QED) is 0.401. The van der Waals surface area contributed by atoms with Crippen LogP contribution < -0.4 is 0 Å². The molecule has 0 aromatic carbocycles. The van der Waals surface area contributed by atoms with Crippen LogP contribution in [0.2, 0.25) is 0 Å². The molecule has 0 fully saturated rings. The predicted molar refractivity (Wildman–Crippen MR) is 30.5 cm³/mol. The fourth-order valence-corrected chi connectivity index (χ4v) is 0.445. The topological polar surface area (TPSA) is 80.7 Å². The van der Waals surface area contributed by atoms with Gasteiger partial charge in [0.15, 0.2) is 0 Å². The van der Waals surface area contributed by atoms with Gasteiger partial charge in [-0.25, -0.2) is 0 Å². The monoisotopic (exact) mass is 180 g/mol. The van der Waals surface area contributed by atoms with Gasteiger partial charge in [0.1, 0.15) is 0 Å². The van der Waals surface area contributed by atoms with Crippen LogP contribution in [0.5, 0.6) is 0 Å². The summed E-state index contributed by atoms with van der Waals surface area (Å²) >= 11 is 0. The Hall–Kier alpha value is 1.02. The zero-order chi connectivity index (χ0) is 6.78. The van der Waals surface area contributed by atoms with Gasteiger partial charge in [-0.05, 0) is 0 Å². The molecule has 0 aromatic heterocycles. The van der Waals surface area contributed by atoms with E-state index < -0.39 is 16.4 Å². The molecule has 0 unspecified atom stereocenters. The van der Waals surface area contributed by atoms with E-state index in [9.17, 15) is 13.2 Å². The third-order valence-corrected chi connectivity index (χ3v) is 0.668. The van der Waals surface area contributed by atoms with Crippen LogP contribution in [0, 0.1) is 0 Å². The molecule has 0 spiro atoms. The second kappa shape index (κ2) is 4.77. The van der Waals surface area contributed by atoms with Gasteiger partial charge in [-0.3, -0.25) is 9.35 Å². The molecular formula is C2H5KO5S. The Morgan fingerprint density at radius 1 is 1.56 bits per heavy atom. The number of hydrogen-bond acceptors (Lipinski definition) is 4. The first-order valence-electron chi connectivity index (χ1n) is 1.59. The molecule has 0 aromatic rings. The van der Waals surface area contributed by atoms with E-state index in [0.29, 0.717) is 0 Å². The number of carbonyl (C=O) groups excluding carboxylic acids is 1. The molecule has 9 heavy (non-hydrogen) atoms. The predicted octanol–water partition coefficient (Wildman–Crippen LogP) is -1.30. The van der Waals surface area contributed by atoms with Crippen LogP contribution in [0.25, 0.3) is 0 Å². The molecule has 0 rings (SSSR count). The fourth-order valence-electron chi connectivity index (χ4n) is 0.148. The first-order valence-corrected chi connectivity index (χ1v) is 2.96. The maximum absolute atomic E-state index is 9.70. The summed E-state index contributed by atoms with van der Waals surface area (Å²) in [5.74, 6) is -1.06. The van der Waals surface area contributed by atoms with Crippen molar-refractivity contribution < 1.29 is 21.9 Å². The molecule has 0 bridgehead atoms. The van der Waals surface area contributed by atoms with Crippen LogP contribution in [0.4, 0.5) is 0 Å². The van der Waals surface area contributed by atoms with Gasteiger partial charge in [-0.1, -0.05) is 0 Å². The van der Waals surface area contributed by atoms with Gasteiger partial charge in [-0.2, -0.15) is 8.42 Å². The first kappa shape index (κ1) is 12.7. The number of hydrogen-bond donors (Lipinski definition) is 1. The van der Waals surface area contributed by atoms with Crippen molar-refractivity contribution in [2.75, 3.05) is 0 Å². The van der Waals surface area contributed by atoms with Gasteiger partial charge in [0.2, 0.25) is 0 Å². The molecule has 50 valence electrons. The molecule has 5 nitrogen and oxygen atoms in total. The van der Waals surface area contributed by atoms with Crippen molar-refractivity contribution in [3.8, 4) is 0 Å². The summed E-state index contributed by atoms with van der Waals surface area (Å²) in [6.07, 6.45) is 0. The summed E-state index contributed by atoms with van der Waals surface area (Å²) in [6.45, 7) is 0.869. The van der Waals surface area contributed by atoms with Crippen LogP contribution in [-0.2, 0) is 19.4 Å². The molecule has 0 atom stereocenters. The van der Waals surface area contributed by atoms with Gasteiger partial charge in [0.25, 0.3) is 0 Å². The molecule has 0 saturated heterocycles. The minimum atomic E-state index is -4.57. The summed E-state index contributed by atoms with van der Waals surface area (Å²) in [6, 6.07) is 0. The van der Waals surface area contributed by atoms with Crippen molar-refractivity contribution in [3.05, 3.63) is 0 Å². The standard InChI is InChI=1S/C2H4O5S.K.H/c1-2(3)7-8(4,5)6;;/h1H3,(H,4,5,6);;. The van der Waals surface area contributed by atoms with E-state index in [0.717, 1.165) is 6.92 Å². The first-order chi connectivity index (χ1) is 3.42. The zero-order valence-electron chi connectivity index (χ0n) is 3.99. The van der Waals surface area contributed by atoms with Crippen molar-refractivity contribution in [2.45, 2.75) is 6.92 Å². The minimum absolute atomic E-state index is 0. The SMILES string of the molecule is CC(=O)OS(=O)(=O)O.[KH]. The molecule has 0 heterocycles. The second-order valence-electron chi connectivity index (χ2n) is 1.00. The average molecular weight is 180 g/mol. The van der Waals surface area contributed by atoms with Crippen molar-refractivity contribution in [3.63, 3.8) is 0 Å². The van der Waals surface area contributed by atoms with Crippen LogP contribution in [0.15, 0.2) is 0 Å². The number of rotatable bonds is 1. The molecule has 1 N–H and O–H groups in total. The molecular weight excluding hydrogens is 175 g/mol. The summed E-state index contributed by atoms with van der Waals surface area (Å²) < 4.78 is 30.2. The van der Waals surface area contributed by atoms with E-state index in [1.807, 2.05) is 0 Å². The van der Waals surface area contributed by atoms with E-state index in [1.165, 1.54) is 0 Å². The maximum atomic E-state index is 9.70. The Morgan fingerprint density at radius 3 is 1.89 bits per heavy atom. The van der Waals surface area contributed by atoms with Gasteiger partial charge < -0.3 is 4.18 Å². The van der Waals surface area contributed by atoms with Crippen LogP contribution in [-0.4, -0.2) is 70.3 Å². The van der Waals surface area contributed by atoms with Crippen LogP contribution >= 0.6 is 0 Å². The van der Waals surface area contributed by atoms with Crippen molar-refractivity contribution in [1.29, 1.82) is 0 Å². The van der Waals surface area contributed by atoms with Gasteiger partial charge in [0.05, 0.1) is 0 Å². The Bertz CT molecular complexity index is 181. The fraction of sp³-hybridized carbons (Fsp3) is 0.500. The van der Waals surface area contributed by atoms with E-state index >= 15 is 0 Å². The Balaban J connectivity index is 0. The Labute approximate surface area is 95.1 Å². The van der Waals surface area contributed by atoms with E-state index in [2.05, 4.69) is 4.18 Å². The van der Waals surface area contributed by atoms with Crippen molar-refractivity contribution in [1.82, 2.24) is 0 Å². The molecule has 0 amide bonds. The Morgan fingerprint density at radius 2 is 1.89 bits per heavy atom. The third kappa shape index (κ3) is 12.3. The number of carbonyl (C=O) groups is 1. The molecule has 0 radical (unpaired) electrons. The molecule has 7 heteroatoms. The third-order valence-electron chi connectivity index (χ3n) is 0.223. The van der Waals surface area contributed by atoms with Crippen molar-refractivity contribution in [2.24, 2.45) is 0 Å². The van der Waals surface area contributed by atoms with E-state index in [-0.39, 0.29) is 51.4 Å². The molecule has 0 aliphatic rings. The normalized spacial score (nSPS) is 9.56. The van der Waals surface area contributed by atoms with Gasteiger partial charge in [-0.15, -0.1) is 0 Å². The van der Waals surface area contributed by atoms with Gasteiger partial charge >= 0.3 is 67.8 Å². The van der Waals surface area contributed by atoms with Crippen LogP contribution in [0.1, 0.15) is 6.92 Å². The van der Waals surface area contributed by atoms with E-state index in [1.54, 1.807) is 0 Å². The summed E-state index contributed by atoms with van der Waals surface area (Å²) in [4.78, 5) is 9.70. The average Bonchev–Trinajstić information content (AvgIpc) is 1.21. The van der Waals surface area contributed by atoms with Crippen LogP contribution in [0.3, 0.4) is 0 Å². The summed E-state index contributed by atoms with van der Waals surface area (Å²) in [7, 11) is -4.57. The Kier molecular flexibility index (Phi) is 6.72. The zero-order valence-corrected chi connectivity index (χ0v) is 4.80. The van der Waals surface area contributed by atoms with Gasteiger partial charge in [0, 0.05) is 6.92 Å². The molecule has 0 aliphatic carbocycles. The summed E-state index contributed by atoms with van der Waals surface area (Å²) in [5.41, 5.74) is 0. The molecule has 0 saturated carbocycles. The van der Waals surface area contributed by atoms with E-state index in [4.69, 9.17) is 4.55 Å². The van der Waals surface area contributed by atoms with Crippen molar-refractivity contribution >= 4 is 67.8 Å². The molecule has 0 aliphatic heterocycles.